The highest BCUT2D eigenvalue weighted by Crippen LogP contribution is 2.30. The molecular weight excluding hydrogens is 403 g/mol. The van der Waals surface area contributed by atoms with E-state index in [4.69, 9.17) is 4.74 Å². The van der Waals surface area contributed by atoms with Crippen molar-refractivity contribution < 1.29 is 27.5 Å². The Bertz CT molecular complexity index is 838. The van der Waals surface area contributed by atoms with E-state index in [2.05, 4.69) is 15.5 Å². The first-order valence-electron chi connectivity index (χ1n) is 7.56. The third-order valence-electron chi connectivity index (χ3n) is 2.90. The van der Waals surface area contributed by atoms with Crippen LogP contribution in [0.4, 0.5) is 18.3 Å². The summed E-state index contributed by atoms with van der Waals surface area (Å²) in [6.45, 7) is 1.99. The molecule has 0 saturated carbocycles. The van der Waals surface area contributed by atoms with Gasteiger partial charge >= 0.3 is 12.1 Å². The Kier molecular flexibility index (Phi) is 7.36. The fraction of sp³-hybridized carbons (Fsp3) is 0.250. The summed E-state index contributed by atoms with van der Waals surface area (Å²) in [6, 6.07) is 4.61. The molecule has 0 aliphatic carbocycles. The number of aromatic nitrogens is 2. The van der Waals surface area contributed by atoms with Gasteiger partial charge in [0.1, 0.15) is 0 Å². The first-order chi connectivity index (χ1) is 12.8. The van der Waals surface area contributed by atoms with Gasteiger partial charge in [-0.3, -0.25) is 14.9 Å². The predicted molar refractivity (Wildman–Crippen MR) is 96.4 cm³/mol. The average molecular weight is 417 g/mol. The first-order valence-corrected chi connectivity index (χ1v) is 9.36. The van der Waals surface area contributed by atoms with E-state index in [-0.39, 0.29) is 29.0 Å². The van der Waals surface area contributed by atoms with Crippen LogP contribution < -0.4 is 5.32 Å². The van der Waals surface area contributed by atoms with Crippen molar-refractivity contribution in [3.63, 3.8) is 0 Å². The monoisotopic (exact) mass is 417 g/mol. The summed E-state index contributed by atoms with van der Waals surface area (Å²) >= 11 is 2.19. The third-order valence-corrected chi connectivity index (χ3v) is 4.84. The van der Waals surface area contributed by atoms with Gasteiger partial charge in [-0.15, -0.1) is 10.2 Å². The maximum absolute atomic E-state index is 12.7. The van der Waals surface area contributed by atoms with Crippen LogP contribution in [0.1, 0.15) is 18.1 Å². The van der Waals surface area contributed by atoms with E-state index < -0.39 is 17.6 Å². The zero-order valence-electron chi connectivity index (χ0n) is 13.9. The molecule has 0 fully saturated rings. The lowest BCUT2D eigenvalue weighted by atomic mass is 10.1. The van der Waals surface area contributed by atoms with Crippen LogP contribution in [-0.4, -0.2) is 34.4 Å². The molecule has 6 nitrogen and oxygen atoms in total. The highest BCUT2D eigenvalue weighted by atomic mass is 32.2. The fourth-order valence-electron chi connectivity index (χ4n) is 1.78. The maximum atomic E-state index is 12.7. The van der Waals surface area contributed by atoms with Gasteiger partial charge in [-0.05, 0) is 30.7 Å². The van der Waals surface area contributed by atoms with Gasteiger partial charge in [-0.2, -0.15) is 13.2 Å². The van der Waals surface area contributed by atoms with Crippen molar-refractivity contribution in [3.8, 4) is 0 Å². The van der Waals surface area contributed by atoms with E-state index in [1.54, 1.807) is 6.92 Å². The normalized spacial score (nSPS) is 11.6. The van der Waals surface area contributed by atoms with E-state index in [1.807, 2.05) is 0 Å². The van der Waals surface area contributed by atoms with E-state index in [0.29, 0.717) is 4.34 Å². The summed E-state index contributed by atoms with van der Waals surface area (Å²) in [7, 11) is 0. The van der Waals surface area contributed by atoms with Gasteiger partial charge in [0.15, 0.2) is 4.34 Å². The standard InChI is InChI=1S/C16H14F3N3O3S2/c1-2-25-13(24)9-26-15-22-21-14(27-15)20-12(23)7-6-10-4-3-5-11(8-10)16(17,18)19/h3-8H,2,9H2,1H3,(H,20,21,23)/b7-6+. The van der Waals surface area contributed by atoms with Gasteiger partial charge in [-0.1, -0.05) is 35.2 Å². The Labute approximate surface area is 160 Å². The lowest BCUT2D eigenvalue weighted by Gasteiger charge is -2.06. The Balaban J connectivity index is 1.91. The number of amides is 1. The quantitative estimate of drug-likeness (QED) is 0.319. The van der Waals surface area contributed by atoms with Gasteiger partial charge in [0, 0.05) is 6.08 Å². The molecular formula is C16H14F3N3O3S2. The van der Waals surface area contributed by atoms with Crippen LogP contribution in [-0.2, 0) is 20.5 Å². The van der Waals surface area contributed by atoms with Crippen molar-refractivity contribution in [2.75, 3.05) is 17.7 Å². The highest BCUT2D eigenvalue weighted by Gasteiger charge is 2.30. The van der Waals surface area contributed by atoms with E-state index in [1.165, 1.54) is 18.2 Å². The van der Waals surface area contributed by atoms with Crippen molar-refractivity contribution >= 4 is 46.2 Å². The number of benzene rings is 1. The Morgan fingerprint density at radius 3 is 2.81 bits per heavy atom. The summed E-state index contributed by atoms with van der Waals surface area (Å²) in [5, 5.41) is 10.2. The zero-order valence-corrected chi connectivity index (χ0v) is 15.6. The summed E-state index contributed by atoms with van der Waals surface area (Å²) in [6.07, 6.45) is -2.08. The number of esters is 1. The van der Waals surface area contributed by atoms with E-state index in [0.717, 1.165) is 41.3 Å². The predicted octanol–water partition coefficient (Wildman–Crippen LogP) is 3.86. The molecule has 2 rings (SSSR count). The van der Waals surface area contributed by atoms with Crippen molar-refractivity contribution in [1.82, 2.24) is 10.2 Å². The number of thioether (sulfide) groups is 1. The van der Waals surface area contributed by atoms with Gasteiger partial charge in [-0.25, -0.2) is 0 Å². The number of nitrogens with one attached hydrogen (secondary N) is 1. The maximum Gasteiger partial charge on any atom is 0.416 e. The second-order valence-corrected chi connectivity index (χ2v) is 7.11. The number of nitrogens with zero attached hydrogens (tertiary/aromatic N) is 2. The average Bonchev–Trinajstić information content (AvgIpc) is 3.05. The van der Waals surface area contributed by atoms with Crippen molar-refractivity contribution in [3.05, 3.63) is 41.5 Å². The Morgan fingerprint density at radius 1 is 1.33 bits per heavy atom. The molecule has 0 aliphatic heterocycles. The number of carbonyl (C=O) groups excluding carboxylic acids is 2. The molecule has 0 saturated heterocycles. The smallest absolute Gasteiger partial charge is 0.416 e. The van der Waals surface area contributed by atoms with E-state index >= 15 is 0 Å². The number of anilines is 1. The number of hydrogen-bond acceptors (Lipinski definition) is 7. The number of hydrogen-bond donors (Lipinski definition) is 1. The van der Waals surface area contributed by atoms with Crippen LogP contribution in [0.5, 0.6) is 0 Å². The molecule has 0 radical (unpaired) electrons. The zero-order chi connectivity index (χ0) is 19.9. The largest absolute Gasteiger partial charge is 0.465 e. The Hall–Kier alpha value is -2.40. The van der Waals surface area contributed by atoms with Crippen LogP contribution in [0, 0.1) is 0 Å². The lowest BCUT2D eigenvalue weighted by Crippen LogP contribution is -2.07. The van der Waals surface area contributed by atoms with Gasteiger partial charge < -0.3 is 4.74 Å². The lowest BCUT2D eigenvalue weighted by molar-refractivity contribution is -0.140. The molecule has 0 unspecified atom stereocenters. The first kappa shape index (κ1) is 20.9. The Morgan fingerprint density at radius 2 is 2.11 bits per heavy atom. The minimum Gasteiger partial charge on any atom is -0.465 e. The molecule has 1 aromatic carbocycles. The van der Waals surface area contributed by atoms with E-state index in [9.17, 15) is 22.8 Å². The van der Waals surface area contributed by atoms with Crippen molar-refractivity contribution in [1.29, 1.82) is 0 Å². The summed E-state index contributed by atoms with van der Waals surface area (Å²) in [5.74, 6) is -0.871. The second kappa shape index (κ2) is 9.51. The molecule has 0 aliphatic rings. The fourth-order valence-corrected chi connectivity index (χ4v) is 3.33. The second-order valence-electron chi connectivity index (χ2n) is 4.91. The topological polar surface area (TPSA) is 81.2 Å². The molecule has 2 aromatic rings. The van der Waals surface area contributed by atoms with Crippen LogP contribution in [0.3, 0.4) is 0 Å². The molecule has 144 valence electrons. The highest BCUT2D eigenvalue weighted by molar-refractivity contribution is 8.01. The number of carbonyl (C=O) groups is 2. The molecule has 1 N–H and O–H groups in total. The molecule has 0 spiro atoms. The van der Waals surface area contributed by atoms with Crippen LogP contribution in [0.25, 0.3) is 6.08 Å². The molecule has 1 amide bonds. The molecule has 1 aromatic heterocycles. The third kappa shape index (κ3) is 7.02. The van der Waals surface area contributed by atoms with Crippen molar-refractivity contribution in [2.45, 2.75) is 17.4 Å². The molecule has 11 heteroatoms. The number of ether oxygens (including phenoxy) is 1. The number of halogens is 3. The van der Waals surface area contributed by atoms with Gasteiger partial charge in [0.2, 0.25) is 11.0 Å². The van der Waals surface area contributed by atoms with Crippen LogP contribution in [0.2, 0.25) is 0 Å². The molecule has 0 atom stereocenters. The number of rotatable bonds is 7. The van der Waals surface area contributed by atoms with Gasteiger partial charge in [0.05, 0.1) is 17.9 Å². The van der Waals surface area contributed by atoms with Gasteiger partial charge in [0.25, 0.3) is 0 Å². The molecule has 27 heavy (non-hydrogen) atoms. The summed E-state index contributed by atoms with van der Waals surface area (Å²) in [4.78, 5) is 23.1. The van der Waals surface area contributed by atoms with Crippen molar-refractivity contribution in [2.24, 2.45) is 0 Å². The summed E-state index contributed by atoms with van der Waals surface area (Å²) in [5.41, 5.74) is -0.555. The number of alkyl halides is 3. The minimum absolute atomic E-state index is 0.0753. The summed E-state index contributed by atoms with van der Waals surface area (Å²) < 4.78 is 43.3. The molecule has 0 bridgehead atoms. The SMILES string of the molecule is CCOC(=O)CSc1nnc(NC(=O)/C=C/c2cccc(C(F)(F)F)c2)s1. The van der Waals surface area contributed by atoms with Crippen LogP contribution in [0.15, 0.2) is 34.7 Å². The van der Waals surface area contributed by atoms with Crippen LogP contribution >= 0.6 is 23.1 Å². The molecule has 1 heterocycles. The minimum atomic E-state index is -4.45.